The van der Waals surface area contributed by atoms with Gasteiger partial charge in [-0.05, 0) is 17.7 Å². The van der Waals surface area contributed by atoms with E-state index in [1.807, 2.05) is 30.3 Å². The predicted octanol–water partition coefficient (Wildman–Crippen LogP) is 4.05. The Balaban J connectivity index is 1.36. The molecule has 0 radical (unpaired) electrons. The molecule has 2 aromatic carbocycles. The van der Waals surface area contributed by atoms with E-state index < -0.39 is 5.97 Å². The first kappa shape index (κ1) is 17.4. The first-order chi connectivity index (χ1) is 13.2. The topological polar surface area (TPSA) is 70.8 Å². The second-order valence-electron chi connectivity index (χ2n) is 5.92. The molecular formula is C20H16ClNO5. The van der Waals surface area contributed by atoms with Gasteiger partial charge in [-0.25, -0.2) is 4.98 Å². The van der Waals surface area contributed by atoms with Gasteiger partial charge in [-0.15, -0.1) is 0 Å². The summed E-state index contributed by atoms with van der Waals surface area (Å²) in [6, 6.07) is 13.0. The first-order valence-corrected chi connectivity index (χ1v) is 8.80. The number of oxazole rings is 1. The van der Waals surface area contributed by atoms with Crippen LogP contribution < -0.4 is 9.47 Å². The molecule has 2 heterocycles. The SMILES string of the molecule is O=C(Cc1cc(Cl)c2c(c1)OCCO2)OCc1ncc(-c2ccccc2)o1. The highest BCUT2D eigenvalue weighted by Gasteiger charge is 2.18. The van der Waals surface area contributed by atoms with Crippen LogP contribution in [0.4, 0.5) is 0 Å². The average molecular weight is 386 g/mol. The number of halogens is 1. The van der Waals surface area contributed by atoms with Gasteiger partial charge in [0.05, 0.1) is 17.6 Å². The summed E-state index contributed by atoms with van der Waals surface area (Å²) in [7, 11) is 0. The van der Waals surface area contributed by atoms with Crippen molar-refractivity contribution in [1.82, 2.24) is 4.98 Å². The highest BCUT2D eigenvalue weighted by Crippen LogP contribution is 2.38. The van der Waals surface area contributed by atoms with Crippen LogP contribution in [0.1, 0.15) is 11.5 Å². The molecular weight excluding hydrogens is 370 g/mol. The smallest absolute Gasteiger partial charge is 0.310 e. The highest BCUT2D eigenvalue weighted by molar-refractivity contribution is 6.32. The van der Waals surface area contributed by atoms with E-state index in [0.717, 1.165) is 5.56 Å². The number of carbonyl (C=O) groups excluding carboxylic acids is 1. The van der Waals surface area contributed by atoms with E-state index in [-0.39, 0.29) is 13.0 Å². The maximum Gasteiger partial charge on any atom is 0.310 e. The van der Waals surface area contributed by atoms with Crippen molar-refractivity contribution in [3.05, 3.63) is 65.1 Å². The van der Waals surface area contributed by atoms with Crippen LogP contribution in [0.2, 0.25) is 5.02 Å². The molecule has 0 atom stereocenters. The molecule has 1 aliphatic heterocycles. The van der Waals surface area contributed by atoms with E-state index in [0.29, 0.717) is 46.9 Å². The molecule has 3 aromatic rings. The van der Waals surface area contributed by atoms with E-state index in [1.165, 1.54) is 0 Å². The van der Waals surface area contributed by atoms with Crippen molar-refractivity contribution in [1.29, 1.82) is 0 Å². The maximum absolute atomic E-state index is 12.1. The molecule has 0 N–H and O–H groups in total. The lowest BCUT2D eigenvalue weighted by Gasteiger charge is -2.20. The van der Waals surface area contributed by atoms with Gasteiger partial charge in [-0.1, -0.05) is 41.9 Å². The third kappa shape index (κ3) is 4.06. The number of ether oxygens (including phenoxy) is 3. The van der Waals surface area contributed by atoms with E-state index >= 15 is 0 Å². The number of carbonyl (C=O) groups is 1. The van der Waals surface area contributed by atoms with Crippen molar-refractivity contribution >= 4 is 17.6 Å². The molecule has 0 saturated heterocycles. The monoisotopic (exact) mass is 385 g/mol. The summed E-state index contributed by atoms with van der Waals surface area (Å²) in [5.41, 5.74) is 1.60. The summed E-state index contributed by atoms with van der Waals surface area (Å²) in [5.74, 6) is 1.59. The number of hydrogen-bond acceptors (Lipinski definition) is 6. The van der Waals surface area contributed by atoms with Crippen molar-refractivity contribution in [3.63, 3.8) is 0 Å². The van der Waals surface area contributed by atoms with Crippen molar-refractivity contribution in [2.45, 2.75) is 13.0 Å². The molecule has 27 heavy (non-hydrogen) atoms. The van der Waals surface area contributed by atoms with Crippen LogP contribution in [-0.4, -0.2) is 24.2 Å². The van der Waals surface area contributed by atoms with E-state index in [9.17, 15) is 4.79 Å². The predicted molar refractivity (Wildman–Crippen MR) is 97.9 cm³/mol. The summed E-state index contributed by atoms with van der Waals surface area (Å²) in [5, 5.41) is 0.412. The molecule has 0 bridgehead atoms. The Labute approximate surface area is 160 Å². The highest BCUT2D eigenvalue weighted by atomic mass is 35.5. The Kier molecular flexibility index (Phi) is 4.98. The lowest BCUT2D eigenvalue weighted by molar-refractivity contribution is -0.144. The molecule has 138 valence electrons. The van der Waals surface area contributed by atoms with Crippen molar-refractivity contribution in [2.75, 3.05) is 13.2 Å². The first-order valence-electron chi connectivity index (χ1n) is 8.43. The van der Waals surface area contributed by atoms with Crippen LogP contribution in [0.25, 0.3) is 11.3 Å². The maximum atomic E-state index is 12.1. The fourth-order valence-corrected chi connectivity index (χ4v) is 3.03. The minimum atomic E-state index is -0.415. The molecule has 1 aliphatic rings. The fraction of sp³-hybridized carbons (Fsp3) is 0.200. The van der Waals surface area contributed by atoms with Crippen LogP contribution >= 0.6 is 11.6 Å². The molecule has 0 fully saturated rings. The number of aromatic nitrogens is 1. The minimum absolute atomic E-state index is 0.0377. The third-order valence-corrected chi connectivity index (χ3v) is 4.25. The van der Waals surface area contributed by atoms with Gasteiger partial charge in [0.2, 0.25) is 5.89 Å². The molecule has 1 aromatic heterocycles. The Bertz CT molecular complexity index is 954. The van der Waals surface area contributed by atoms with Gasteiger partial charge >= 0.3 is 5.97 Å². The zero-order valence-electron chi connectivity index (χ0n) is 14.3. The number of hydrogen-bond donors (Lipinski definition) is 0. The number of nitrogens with zero attached hydrogens (tertiary/aromatic N) is 1. The van der Waals surface area contributed by atoms with Gasteiger partial charge in [0.15, 0.2) is 23.9 Å². The van der Waals surface area contributed by atoms with Crippen LogP contribution in [0.5, 0.6) is 11.5 Å². The Morgan fingerprint density at radius 2 is 1.96 bits per heavy atom. The third-order valence-electron chi connectivity index (χ3n) is 3.97. The number of fused-ring (bicyclic) bond motifs is 1. The van der Waals surface area contributed by atoms with E-state index in [2.05, 4.69) is 4.98 Å². The zero-order valence-corrected chi connectivity index (χ0v) is 15.1. The van der Waals surface area contributed by atoms with Gasteiger partial charge in [0.1, 0.15) is 13.2 Å². The Morgan fingerprint density at radius 3 is 2.81 bits per heavy atom. The van der Waals surface area contributed by atoms with Gasteiger partial charge < -0.3 is 18.6 Å². The van der Waals surface area contributed by atoms with Crippen LogP contribution in [0.15, 0.2) is 53.1 Å². The number of rotatable bonds is 5. The fourth-order valence-electron chi connectivity index (χ4n) is 2.74. The summed E-state index contributed by atoms with van der Waals surface area (Å²) in [6.07, 6.45) is 1.67. The average Bonchev–Trinajstić information content (AvgIpc) is 3.16. The summed E-state index contributed by atoms with van der Waals surface area (Å²) in [4.78, 5) is 16.3. The van der Waals surface area contributed by atoms with E-state index in [4.69, 9.17) is 30.2 Å². The normalized spacial score (nSPS) is 12.6. The van der Waals surface area contributed by atoms with Crippen molar-refractivity contribution in [3.8, 4) is 22.8 Å². The molecule has 4 rings (SSSR count). The summed E-state index contributed by atoms with van der Waals surface area (Å²) >= 11 is 6.18. The summed E-state index contributed by atoms with van der Waals surface area (Å²) in [6.45, 7) is 0.865. The zero-order chi connectivity index (χ0) is 18.6. The molecule has 0 aliphatic carbocycles. The van der Waals surface area contributed by atoms with Gasteiger partial charge in [0.25, 0.3) is 0 Å². The quantitative estimate of drug-likeness (QED) is 0.617. The number of esters is 1. The molecule has 0 saturated carbocycles. The van der Waals surface area contributed by atoms with Crippen LogP contribution in [0.3, 0.4) is 0 Å². The molecule has 7 heteroatoms. The lowest BCUT2D eigenvalue weighted by atomic mass is 10.1. The van der Waals surface area contributed by atoms with Crippen molar-refractivity contribution in [2.24, 2.45) is 0 Å². The summed E-state index contributed by atoms with van der Waals surface area (Å²) < 4.78 is 21.9. The second kappa shape index (κ2) is 7.72. The van der Waals surface area contributed by atoms with Crippen LogP contribution in [-0.2, 0) is 22.6 Å². The lowest BCUT2D eigenvalue weighted by Crippen LogP contribution is -2.16. The van der Waals surface area contributed by atoms with Gasteiger partial charge in [0, 0.05) is 5.56 Å². The Morgan fingerprint density at radius 1 is 1.15 bits per heavy atom. The molecule has 0 amide bonds. The number of benzene rings is 2. The second-order valence-corrected chi connectivity index (χ2v) is 6.33. The molecule has 6 nitrogen and oxygen atoms in total. The van der Waals surface area contributed by atoms with Crippen molar-refractivity contribution < 1.29 is 23.4 Å². The molecule has 0 spiro atoms. The Hall–Kier alpha value is -2.99. The largest absolute Gasteiger partial charge is 0.486 e. The minimum Gasteiger partial charge on any atom is -0.486 e. The van der Waals surface area contributed by atoms with Gasteiger partial charge in [-0.2, -0.15) is 0 Å². The van der Waals surface area contributed by atoms with Crippen LogP contribution in [0, 0.1) is 0 Å². The standard InChI is InChI=1S/C20H16ClNO5/c21-15-8-13(9-16-20(15)25-7-6-24-16)10-19(23)26-12-18-22-11-17(27-18)14-4-2-1-3-5-14/h1-5,8-9,11H,6-7,10,12H2. The van der Waals surface area contributed by atoms with Gasteiger partial charge in [-0.3, -0.25) is 4.79 Å². The van der Waals surface area contributed by atoms with E-state index in [1.54, 1.807) is 18.3 Å². The molecule has 0 unspecified atom stereocenters.